The van der Waals surface area contributed by atoms with E-state index in [2.05, 4.69) is 20.3 Å². The van der Waals surface area contributed by atoms with Crippen molar-refractivity contribution in [2.45, 2.75) is 38.9 Å². The third-order valence-electron chi connectivity index (χ3n) is 3.47. The van der Waals surface area contributed by atoms with E-state index in [1.165, 1.54) is 12.3 Å². The Hall–Kier alpha value is -2.12. The third-order valence-corrected chi connectivity index (χ3v) is 3.47. The van der Waals surface area contributed by atoms with Gasteiger partial charge in [-0.2, -0.15) is 13.2 Å². The zero-order valence-electron chi connectivity index (χ0n) is 13.3. The van der Waals surface area contributed by atoms with E-state index >= 15 is 0 Å². The van der Waals surface area contributed by atoms with E-state index in [9.17, 15) is 13.2 Å². The van der Waals surface area contributed by atoms with Crippen LogP contribution in [0.3, 0.4) is 0 Å². The summed E-state index contributed by atoms with van der Waals surface area (Å²) in [5.41, 5.74) is 0.363. The van der Waals surface area contributed by atoms with Crippen molar-refractivity contribution in [1.82, 2.24) is 19.5 Å². The SMILES string of the molecule is CC(C)[C@@H](Nc1nccc(CCC(F)(F)F)n1)c1nccn1C. The van der Waals surface area contributed by atoms with Crippen LogP contribution in [0.15, 0.2) is 24.7 Å². The molecule has 23 heavy (non-hydrogen) atoms. The van der Waals surface area contributed by atoms with Gasteiger partial charge in [-0.15, -0.1) is 0 Å². The molecule has 0 amide bonds. The minimum absolute atomic E-state index is 0.132. The first-order valence-corrected chi connectivity index (χ1v) is 7.38. The van der Waals surface area contributed by atoms with E-state index in [0.29, 0.717) is 11.6 Å². The van der Waals surface area contributed by atoms with Crippen LogP contribution in [0.1, 0.15) is 37.8 Å². The lowest BCUT2D eigenvalue weighted by atomic mass is 10.0. The number of halogens is 3. The molecule has 0 bridgehead atoms. The number of aromatic nitrogens is 4. The number of hydrogen-bond donors (Lipinski definition) is 1. The van der Waals surface area contributed by atoms with Crippen LogP contribution in [0.5, 0.6) is 0 Å². The maximum atomic E-state index is 12.3. The van der Waals surface area contributed by atoms with Crippen LogP contribution in [-0.2, 0) is 13.5 Å². The molecule has 2 rings (SSSR count). The predicted octanol–water partition coefficient (Wildman–Crippen LogP) is 3.51. The van der Waals surface area contributed by atoms with Crippen LogP contribution in [0.4, 0.5) is 19.1 Å². The molecule has 0 spiro atoms. The summed E-state index contributed by atoms with van der Waals surface area (Å²) in [6.07, 6.45) is -0.227. The lowest BCUT2D eigenvalue weighted by Gasteiger charge is -2.22. The molecular formula is C15H20F3N5. The number of nitrogens with one attached hydrogen (secondary N) is 1. The molecule has 2 aromatic heterocycles. The first-order chi connectivity index (χ1) is 10.8. The fraction of sp³-hybridized carbons (Fsp3) is 0.533. The number of rotatable bonds is 6. The topological polar surface area (TPSA) is 55.6 Å². The molecule has 2 heterocycles. The molecule has 1 atom stereocenters. The van der Waals surface area contributed by atoms with Gasteiger partial charge < -0.3 is 9.88 Å². The molecule has 0 fully saturated rings. The van der Waals surface area contributed by atoms with E-state index in [1.54, 1.807) is 6.20 Å². The Morgan fingerprint density at radius 1 is 1.22 bits per heavy atom. The molecule has 5 nitrogen and oxygen atoms in total. The van der Waals surface area contributed by atoms with Crippen LogP contribution in [0.25, 0.3) is 0 Å². The van der Waals surface area contributed by atoms with Gasteiger partial charge in [-0.1, -0.05) is 13.8 Å². The number of hydrogen-bond acceptors (Lipinski definition) is 4. The second-order valence-electron chi connectivity index (χ2n) is 5.75. The molecule has 0 unspecified atom stereocenters. The second kappa shape index (κ2) is 6.97. The highest BCUT2D eigenvalue weighted by Crippen LogP contribution is 2.24. The average Bonchev–Trinajstić information content (AvgIpc) is 2.88. The minimum Gasteiger partial charge on any atom is -0.344 e. The number of aryl methyl sites for hydroxylation is 2. The smallest absolute Gasteiger partial charge is 0.344 e. The molecular weight excluding hydrogens is 307 g/mol. The molecule has 2 aromatic rings. The van der Waals surface area contributed by atoms with Crippen molar-refractivity contribution in [2.24, 2.45) is 13.0 Å². The number of anilines is 1. The van der Waals surface area contributed by atoms with Crippen molar-refractivity contribution in [2.75, 3.05) is 5.32 Å². The normalized spacial score (nSPS) is 13.3. The van der Waals surface area contributed by atoms with Gasteiger partial charge >= 0.3 is 6.18 Å². The highest BCUT2D eigenvalue weighted by molar-refractivity contribution is 5.29. The molecule has 0 radical (unpaired) electrons. The largest absolute Gasteiger partial charge is 0.389 e. The zero-order chi connectivity index (χ0) is 17.0. The maximum absolute atomic E-state index is 12.3. The highest BCUT2D eigenvalue weighted by Gasteiger charge is 2.27. The Kier molecular flexibility index (Phi) is 5.23. The van der Waals surface area contributed by atoms with Gasteiger partial charge in [0.2, 0.25) is 5.95 Å². The van der Waals surface area contributed by atoms with Crippen LogP contribution < -0.4 is 5.32 Å². The third kappa shape index (κ3) is 4.94. The van der Waals surface area contributed by atoms with Crippen molar-refractivity contribution < 1.29 is 13.2 Å². The average molecular weight is 327 g/mol. The van der Waals surface area contributed by atoms with Crippen molar-refractivity contribution >= 4 is 5.95 Å². The Morgan fingerprint density at radius 3 is 2.52 bits per heavy atom. The van der Waals surface area contributed by atoms with Gasteiger partial charge in [0.15, 0.2) is 0 Å². The number of imidazole rings is 1. The van der Waals surface area contributed by atoms with E-state index in [0.717, 1.165) is 5.82 Å². The Bertz CT molecular complexity index is 636. The van der Waals surface area contributed by atoms with Gasteiger partial charge in [0.25, 0.3) is 0 Å². The van der Waals surface area contributed by atoms with Crippen molar-refractivity contribution in [3.05, 3.63) is 36.2 Å². The fourth-order valence-corrected chi connectivity index (χ4v) is 2.22. The number of alkyl halides is 3. The monoisotopic (exact) mass is 327 g/mol. The molecule has 0 saturated heterocycles. The summed E-state index contributed by atoms with van der Waals surface area (Å²) in [7, 11) is 1.89. The van der Waals surface area contributed by atoms with Crippen molar-refractivity contribution in [1.29, 1.82) is 0 Å². The van der Waals surface area contributed by atoms with E-state index in [4.69, 9.17) is 0 Å². The molecule has 0 saturated carbocycles. The van der Waals surface area contributed by atoms with Gasteiger partial charge in [-0.25, -0.2) is 15.0 Å². The van der Waals surface area contributed by atoms with Gasteiger partial charge in [0, 0.05) is 37.8 Å². The summed E-state index contributed by atoms with van der Waals surface area (Å²) >= 11 is 0. The quantitative estimate of drug-likeness (QED) is 0.882. The lowest BCUT2D eigenvalue weighted by Crippen LogP contribution is -2.22. The summed E-state index contributed by atoms with van der Waals surface area (Å²) in [5, 5.41) is 3.17. The molecule has 0 aromatic carbocycles. The van der Waals surface area contributed by atoms with Gasteiger partial charge in [-0.3, -0.25) is 0 Å². The lowest BCUT2D eigenvalue weighted by molar-refractivity contribution is -0.134. The Labute approximate surface area is 133 Å². The van der Waals surface area contributed by atoms with E-state index < -0.39 is 12.6 Å². The van der Waals surface area contributed by atoms with Gasteiger partial charge in [0.1, 0.15) is 5.82 Å². The van der Waals surface area contributed by atoms with E-state index in [1.807, 2.05) is 31.7 Å². The molecule has 126 valence electrons. The predicted molar refractivity (Wildman–Crippen MR) is 80.8 cm³/mol. The summed E-state index contributed by atoms with van der Waals surface area (Å²) in [6.45, 7) is 4.06. The van der Waals surface area contributed by atoms with Gasteiger partial charge in [-0.05, 0) is 18.4 Å². The molecule has 8 heteroatoms. The first-order valence-electron chi connectivity index (χ1n) is 7.38. The number of nitrogens with zero attached hydrogens (tertiary/aromatic N) is 4. The zero-order valence-corrected chi connectivity index (χ0v) is 13.3. The summed E-state index contributed by atoms with van der Waals surface area (Å²) in [5.74, 6) is 1.34. The molecule has 0 aliphatic heterocycles. The van der Waals surface area contributed by atoms with Crippen LogP contribution >= 0.6 is 0 Å². The fourth-order valence-electron chi connectivity index (χ4n) is 2.22. The van der Waals surface area contributed by atoms with Crippen LogP contribution in [0.2, 0.25) is 0 Å². The second-order valence-corrected chi connectivity index (χ2v) is 5.75. The summed E-state index contributed by atoms with van der Waals surface area (Å²) < 4.78 is 38.8. The molecule has 1 N–H and O–H groups in total. The summed E-state index contributed by atoms with van der Waals surface area (Å²) in [4.78, 5) is 12.6. The van der Waals surface area contributed by atoms with E-state index in [-0.39, 0.29) is 18.4 Å². The minimum atomic E-state index is -4.19. The first kappa shape index (κ1) is 17.2. The van der Waals surface area contributed by atoms with Crippen LogP contribution in [0, 0.1) is 5.92 Å². The van der Waals surface area contributed by atoms with Crippen molar-refractivity contribution in [3.8, 4) is 0 Å². The Morgan fingerprint density at radius 2 is 1.96 bits per heavy atom. The van der Waals surface area contributed by atoms with Crippen LogP contribution in [-0.4, -0.2) is 25.7 Å². The molecule has 0 aliphatic rings. The van der Waals surface area contributed by atoms with Gasteiger partial charge in [0.05, 0.1) is 6.04 Å². The standard InChI is InChI=1S/C15H20F3N5/c1-10(2)12(13-19-8-9-23(13)3)22-14-20-7-5-11(21-14)4-6-15(16,17)18/h5,7-10,12H,4,6H2,1-3H3,(H,20,21,22)/t12-/m1/s1. The molecule has 0 aliphatic carbocycles. The highest BCUT2D eigenvalue weighted by atomic mass is 19.4. The summed E-state index contributed by atoms with van der Waals surface area (Å²) in [6, 6.07) is 1.37. The Balaban J connectivity index is 2.13. The van der Waals surface area contributed by atoms with Crippen molar-refractivity contribution in [3.63, 3.8) is 0 Å². The maximum Gasteiger partial charge on any atom is 0.389 e.